The molecule has 9 nitrogen and oxygen atoms in total. The first-order chi connectivity index (χ1) is 15.8. The molecule has 2 heterocycles. The van der Waals surface area contributed by atoms with Gasteiger partial charge in [0.2, 0.25) is 5.95 Å². The Morgan fingerprint density at radius 3 is 2.42 bits per heavy atom. The van der Waals surface area contributed by atoms with Crippen molar-refractivity contribution in [3.63, 3.8) is 0 Å². The number of benzene rings is 1. The Morgan fingerprint density at radius 1 is 1.09 bits per heavy atom. The predicted molar refractivity (Wildman–Crippen MR) is 126 cm³/mol. The highest BCUT2D eigenvalue weighted by Crippen LogP contribution is 2.38. The van der Waals surface area contributed by atoms with E-state index in [0.717, 1.165) is 17.1 Å². The Bertz CT molecular complexity index is 1030. The summed E-state index contributed by atoms with van der Waals surface area (Å²) in [6.07, 6.45) is 0.861. The molecule has 1 aromatic carbocycles. The number of carbonyl (C=O) groups excluding carboxylic acids is 2. The molecule has 4 rings (SSSR count). The topological polar surface area (TPSA) is 96.9 Å². The lowest BCUT2D eigenvalue weighted by atomic mass is 9.75. The molecule has 0 radical (unpaired) electrons. The molecule has 1 aliphatic heterocycles. The van der Waals surface area contributed by atoms with Gasteiger partial charge in [-0.2, -0.15) is 4.98 Å². The second-order valence-electron chi connectivity index (χ2n) is 9.16. The maximum atomic E-state index is 13.1. The van der Waals surface area contributed by atoms with Gasteiger partial charge >= 0.3 is 6.09 Å². The molecule has 1 amide bonds. The molecule has 1 aliphatic carbocycles. The van der Waals surface area contributed by atoms with Crippen LogP contribution in [-0.4, -0.2) is 66.6 Å². The van der Waals surface area contributed by atoms with E-state index in [0.29, 0.717) is 63.0 Å². The molecule has 0 atom stereocenters. The molecule has 1 fully saturated rings. The highest BCUT2D eigenvalue weighted by atomic mass is 16.6. The maximum absolute atomic E-state index is 13.1. The average Bonchev–Trinajstić information content (AvgIpc) is 2.78. The first-order valence-corrected chi connectivity index (χ1v) is 11.3. The summed E-state index contributed by atoms with van der Waals surface area (Å²) < 4.78 is 10.4. The summed E-state index contributed by atoms with van der Waals surface area (Å²) in [5.74, 6) is 1.89. The third-order valence-corrected chi connectivity index (χ3v) is 5.98. The van der Waals surface area contributed by atoms with Crippen LogP contribution in [0, 0.1) is 5.41 Å². The molecule has 9 heteroatoms. The normalized spacial score (nSPS) is 17.4. The number of methoxy groups -OCH3 is 1. The fourth-order valence-corrected chi connectivity index (χ4v) is 4.30. The van der Waals surface area contributed by atoms with Crippen molar-refractivity contribution in [1.29, 1.82) is 0 Å². The third kappa shape index (κ3) is 5.02. The average molecular weight is 454 g/mol. The zero-order valence-electron chi connectivity index (χ0n) is 19.7. The van der Waals surface area contributed by atoms with E-state index in [1.165, 1.54) is 0 Å². The van der Waals surface area contributed by atoms with Crippen molar-refractivity contribution in [2.75, 3.05) is 50.1 Å². The number of carbonyl (C=O) groups is 2. The number of nitrogens with one attached hydrogen (secondary N) is 1. The summed E-state index contributed by atoms with van der Waals surface area (Å²) in [6, 6.07) is 7.50. The summed E-state index contributed by atoms with van der Waals surface area (Å²) in [4.78, 5) is 38.4. The van der Waals surface area contributed by atoms with Crippen LogP contribution < -0.4 is 15.0 Å². The highest BCUT2D eigenvalue weighted by Gasteiger charge is 2.36. The van der Waals surface area contributed by atoms with E-state index in [-0.39, 0.29) is 17.3 Å². The second-order valence-corrected chi connectivity index (χ2v) is 9.16. The van der Waals surface area contributed by atoms with E-state index in [1.54, 1.807) is 18.9 Å². The van der Waals surface area contributed by atoms with Gasteiger partial charge < -0.3 is 24.6 Å². The quantitative estimate of drug-likeness (QED) is 0.733. The number of hydrogen-bond acceptors (Lipinski definition) is 8. The van der Waals surface area contributed by atoms with Crippen molar-refractivity contribution in [2.24, 2.45) is 5.41 Å². The molecule has 1 saturated heterocycles. The van der Waals surface area contributed by atoms with Gasteiger partial charge in [0.05, 0.1) is 25.0 Å². The van der Waals surface area contributed by atoms with E-state index in [4.69, 9.17) is 19.4 Å². The smallest absolute Gasteiger partial charge is 0.409 e. The zero-order chi connectivity index (χ0) is 23.6. The molecule has 0 unspecified atom stereocenters. The van der Waals surface area contributed by atoms with Crippen molar-refractivity contribution in [3.8, 4) is 5.75 Å². The van der Waals surface area contributed by atoms with E-state index < -0.39 is 0 Å². The van der Waals surface area contributed by atoms with Gasteiger partial charge in [-0.25, -0.2) is 9.78 Å². The van der Waals surface area contributed by atoms with Crippen molar-refractivity contribution in [2.45, 2.75) is 33.6 Å². The lowest BCUT2D eigenvalue weighted by molar-refractivity contribution is 0.0910. The minimum absolute atomic E-state index is 0.0518. The van der Waals surface area contributed by atoms with Gasteiger partial charge in [0.1, 0.15) is 11.6 Å². The van der Waals surface area contributed by atoms with Gasteiger partial charge in [0, 0.05) is 38.3 Å². The number of rotatable bonds is 5. The number of ether oxygens (including phenoxy) is 2. The first-order valence-electron chi connectivity index (χ1n) is 11.3. The van der Waals surface area contributed by atoms with Crippen LogP contribution in [0.5, 0.6) is 5.75 Å². The molecule has 1 N–H and O–H groups in total. The van der Waals surface area contributed by atoms with E-state index >= 15 is 0 Å². The molecule has 2 aromatic rings. The maximum Gasteiger partial charge on any atom is 0.409 e. The molecule has 0 spiro atoms. The lowest BCUT2D eigenvalue weighted by Crippen LogP contribution is -2.49. The molecule has 0 bridgehead atoms. The number of amides is 1. The number of aromatic nitrogens is 2. The lowest BCUT2D eigenvalue weighted by Gasteiger charge is -2.35. The third-order valence-electron chi connectivity index (χ3n) is 5.98. The summed E-state index contributed by atoms with van der Waals surface area (Å²) >= 11 is 0. The molecule has 2 aliphatic rings. The molecule has 0 saturated carbocycles. The van der Waals surface area contributed by atoms with Crippen molar-refractivity contribution in [1.82, 2.24) is 14.9 Å². The number of nitrogens with zero attached hydrogens (tertiary/aromatic N) is 4. The van der Waals surface area contributed by atoms with Crippen molar-refractivity contribution >= 4 is 29.3 Å². The Balaban J connectivity index is 1.64. The van der Waals surface area contributed by atoms with Gasteiger partial charge in [-0.3, -0.25) is 4.79 Å². The van der Waals surface area contributed by atoms with Gasteiger partial charge in [0.15, 0.2) is 5.78 Å². The van der Waals surface area contributed by atoms with Gasteiger partial charge in [-0.05, 0) is 43.0 Å². The monoisotopic (exact) mass is 453 g/mol. The van der Waals surface area contributed by atoms with Gasteiger partial charge in [0.25, 0.3) is 0 Å². The van der Waals surface area contributed by atoms with E-state index in [2.05, 4.69) is 24.1 Å². The zero-order valence-corrected chi connectivity index (χ0v) is 19.7. The van der Waals surface area contributed by atoms with Crippen molar-refractivity contribution < 1.29 is 19.1 Å². The second kappa shape index (κ2) is 9.25. The minimum atomic E-state index is -0.294. The standard InChI is InChI=1S/C24H31N5O4/c1-5-33-23(31)29-12-10-28(11-13-29)22-26-18-14-24(2,3)15-19(30)20(18)21(27-22)25-16-6-8-17(32-4)9-7-16/h6-9H,5,10-15H2,1-4H3,(H,25,26,27). The van der Waals surface area contributed by atoms with Gasteiger partial charge in [-0.1, -0.05) is 13.8 Å². The van der Waals surface area contributed by atoms with E-state index in [9.17, 15) is 9.59 Å². The van der Waals surface area contributed by atoms with Crippen LogP contribution in [0.4, 0.5) is 22.2 Å². The number of piperazine rings is 1. The van der Waals surface area contributed by atoms with Crippen LogP contribution in [0.3, 0.4) is 0 Å². The van der Waals surface area contributed by atoms with Crippen LogP contribution in [-0.2, 0) is 11.2 Å². The molecule has 176 valence electrons. The molecular formula is C24H31N5O4. The van der Waals surface area contributed by atoms with Crippen molar-refractivity contribution in [3.05, 3.63) is 35.5 Å². The SMILES string of the molecule is CCOC(=O)N1CCN(c2nc3c(c(Nc4ccc(OC)cc4)n2)C(=O)CC(C)(C)C3)CC1. The largest absolute Gasteiger partial charge is 0.497 e. The summed E-state index contributed by atoms with van der Waals surface area (Å²) in [5.41, 5.74) is 1.99. The summed E-state index contributed by atoms with van der Waals surface area (Å²) in [6.45, 7) is 8.59. The Labute approximate surface area is 194 Å². The Kier molecular flexibility index (Phi) is 6.40. The summed E-state index contributed by atoms with van der Waals surface area (Å²) in [5, 5.41) is 3.33. The van der Waals surface area contributed by atoms with Crippen LogP contribution in [0.15, 0.2) is 24.3 Å². The highest BCUT2D eigenvalue weighted by molar-refractivity contribution is 6.03. The van der Waals surface area contributed by atoms with Crippen LogP contribution in [0.2, 0.25) is 0 Å². The van der Waals surface area contributed by atoms with Crippen LogP contribution in [0.1, 0.15) is 43.2 Å². The number of Topliss-reactive ketones (excluding diaryl/α,β-unsaturated/α-hetero) is 1. The fourth-order valence-electron chi connectivity index (χ4n) is 4.30. The van der Waals surface area contributed by atoms with E-state index in [1.807, 2.05) is 24.3 Å². The molecular weight excluding hydrogens is 422 g/mol. The fraction of sp³-hybridized carbons (Fsp3) is 0.500. The molecule has 33 heavy (non-hydrogen) atoms. The Morgan fingerprint density at radius 2 is 1.79 bits per heavy atom. The molecule has 1 aromatic heterocycles. The van der Waals surface area contributed by atoms with Crippen LogP contribution >= 0.6 is 0 Å². The van der Waals surface area contributed by atoms with Gasteiger partial charge in [-0.15, -0.1) is 0 Å². The first kappa shape index (κ1) is 22.8. The predicted octanol–water partition coefficient (Wildman–Crippen LogP) is 3.66. The Hall–Kier alpha value is -3.36. The van der Waals surface area contributed by atoms with Crippen LogP contribution in [0.25, 0.3) is 0 Å². The minimum Gasteiger partial charge on any atom is -0.497 e. The summed E-state index contributed by atoms with van der Waals surface area (Å²) in [7, 11) is 1.62. The number of fused-ring (bicyclic) bond motifs is 1. The number of anilines is 3. The number of hydrogen-bond donors (Lipinski definition) is 1. The number of ketones is 1.